The number of hydrogen-bond donors (Lipinski definition) is 1. The van der Waals surface area contributed by atoms with Crippen LogP contribution in [0.2, 0.25) is 0 Å². The van der Waals surface area contributed by atoms with Gasteiger partial charge in [0.1, 0.15) is 5.76 Å². The summed E-state index contributed by atoms with van der Waals surface area (Å²) >= 11 is 0. The van der Waals surface area contributed by atoms with Crippen molar-refractivity contribution in [1.82, 2.24) is 4.90 Å². The summed E-state index contributed by atoms with van der Waals surface area (Å²) in [6.07, 6.45) is 0.699. The largest absolute Gasteiger partial charge is 0.480 e. The number of carbonyl (C=O) groups is 2. The summed E-state index contributed by atoms with van der Waals surface area (Å²) in [5.41, 5.74) is 0.908. The molecular weight excluding hydrogens is 250 g/mol. The molecule has 0 aliphatic carbocycles. The number of nitrogens with zero attached hydrogens (tertiary/aromatic N) is 1. The normalized spacial score (nSPS) is 19.5. The second-order valence-electron chi connectivity index (χ2n) is 4.50. The number of aliphatic carboxylic acids is 1. The monoisotopic (exact) mass is 267 g/mol. The van der Waals surface area contributed by atoms with Crippen molar-refractivity contribution in [2.24, 2.45) is 0 Å². The summed E-state index contributed by atoms with van der Waals surface area (Å²) in [4.78, 5) is 24.7. The van der Waals surface area contributed by atoms with Crippen molar-refractivity contribution in [2.45, 2.75) is 26.3 Å². The predicted molar refractivity (Wildman–Crippen MR) is 66.1 cm³/mol. The van der Waals surface area contributed by atoms with E-state index in [1.54, 1.807) is 6.07 Å². The third-order valence-corrected chi connectivity index (χ3v) is 3.23. The number of carbonyl (C=O) groups excluding carboxylic acids is 1. The molecule has 2 heterocycles. The van der Waals surface area contributed by atoms with Crippen molar-refractivity contribution in [3.8, 4) is 0 Å². The average molecular weight is 267 g/mol. The van der Waals surface area contributed by atoms with E-state index >= 15 is 0 Å². The minimum atomic E-state index is -1.06. The number of furan rings is 1. The van der Waals surface area contributed by atoms with Crippen LogP contribution in [-0.2, 0) is 16.0 Å². The molecule has 2 rings (SSSR count). The molecule has 6 nitrogen and oxygen atoms in total. The van der Waals surface area contributed by atoms with Gasteiger partial charge in [0.25, 0.3) is 5.91 Å². The molecule has 1 atom stereocenters. The lowest BCUT2D eigenvalue weighted by Crippen LogP contribution is -2.52. The average Bonchev–Trinajstić information content (AvgIpc) is 2.79. The zero-order valence-electron chi connectivity index (χ0n) is 11.0. The lowest BCUT2D eigenvalue weighted by Gasteiger charge is -2.32. The van der Waals surface area contributed by atoms with E-state index in [2.05, 4.69) is 0 Å². The number of aryl methyl sites for hydroxylation is 2. The Morgan fingerprint density at radius 2 is 2.26 bits per heavy atom. The molecule has 1 fully saturated rings. The standard InChI is InChI=1S/C13H17NO5/c1-3-10-8(2)6-11(19-10)12(15)14-4-5-18-7-9(14)13(16)17/h6,9H,3-5,7H2,1-2H3,(H,16,17). The van der Waals surface area contributed by atoms with Crippen LogP contribution in [0.1, 0.15) is 28.8 Å². The van der Waals surface area contributed by atoms with Gasteiger partial charge in [0.05, 0.1) is 13.2 Å². The summed E-state index contributed by atoms with van der Waals surface area (Å²) < 4.78 is 10.6. The van der Waals surface area contributed by atoms with E-state index in [1.807, 2.05) is 13.8 Å². The van der Waals surface area contributed by atoms with Crippen LogP contribution in [0.4, 0.5) is 0 Å². The van der Waals surface area contributed by atoms with E-state index in [4.69, 9.17) is 14.3 Å². The molecule has 6 heteroatoms. The molecule has 1 aliphatic rings. The van der Waals surface area contributed by atoms with Gasteiger partial charge in [-0.3, -0.25) is 4.79 Å². The smallest absolute Gasteiger partial charge is 0.328 e. The van der Waals surface area contributed by atoms with Crippen molar-refractivity contribution < 1.29 is 23.8 Å². The first-order valence-corrected chi connectivity index (χ1v) is 6.25. The Morgan fingerprint density at radius 3 is 2.84 bits per heavy atom. The first-order chi connectivity index (χ1) is 9.04. The summed E-state index contributed by atoms with van der Waals surface area (Å²) in [6, 6.07) is 0.715. The van der Waals surface area contributed by atoms with E-state index < -0.39 is 17.9 Å². The van der Waals surface area contributed by atoms with E-state index in [0.717, 1.165) is 11.3 Å². The zero-order valence-corrected chi connectivity index (χ0v) is 11.0. The van der Waals surface area contributed by atoms with Crippen molar-refractivity contribution in [3.05, 3.63) is 23.2 Å². The van der Waals surface area contributed by atoms with Gasteiger partial charge in [-0.2, -0.15) is 0 Å². The molecule has 0 saturated carbocycles. The van der Waals surface area contributed by atoms with Crippen LogP contribution in [0, 0.1) is 6.92 Å². The molecule has 1 aromatic heterocycles. The minimum absolute atomic E-state index is 0.0153. The van der Waals surface area contributed by atoms with Gasteiger partial charge in [0.2, 0.25) is 0 Å². The van der Waals surface area contributed by atoms with E-state index in [1.165, 1.54) is 4.90 Å². The molecule has 0 aromatic carbocycles. The maximum atomic E-state index is 12.3. The van der Waals surface area contributed by atoms with Crippen LogP contribution in [0.3, 0.4) is 0 Å². The molecule has 1 unspecified atom stereocenters. The molecule has 1 amide bonds. The van der Waals surface area contributed by atoms with Gasteiger partial charge in [0, 0.05) is 13.0 Å². The molecule has 0 bridgehead atoms. The first-order valence-electron chi connectivity index (χ1n) is 6.25. The van der Waals surface area contributed by atoms with Crippen LogP contribution in [-0.4, -0.2) is 47.7 Å². The van der Waals surface area contributed by atoms with Crippen molar-refractivity contribution in [1.29, 1.82) is 0 Å². The highest BCUT2D eigenvalue weighted by Crippen LogP contribution is 2.19. The number of morpholine rings is 1. The lowest BCUT2D eigenvalue weighted by atomic mass is 10.2. The Morgan fingerprint density at radius 1 is 1.53 bits per heavy atom. The molecule has 1 saturated heterocycles. The third-order valence-electron chi connectivity index (χ3n) is 3.23. The molecule has 1 N–H and O–H groups in total. The van der Waals surface area contributed by atoms with Crippen LogP contribution in [0.15, 0.2) is 10.5 Å². The van der Waals surface area contributed by atoms with Gasteiger partial charge in [-0.25, -0.2) is 4.79 Å². The van der Waals surface area contributed by atoms with Crippen molar-refractivity contribution in [2.75, 3.05) is 19.8 Å². The number of amides is 1. The highest BCUT2D eigenvalue weighted by molar-refractivity contribution is 5.94. The molecule has 0 radical (unpaired) electrons. The van der Waals surface area contributed by atoms with Gasteiger partial charge >= 0.3 is 5.97 Å². The minimum Gasteiger partial charge on any atom is -0.480 e. The Balaban J connectivity index is 2.23. The Bertz CT molecular complexity index is 493. The molecular formula is C13H17NO5. The molecule has 1 aliphatic heterocycles. The van der Waals surface area contributed by atoms with Crippen LogP contribution in [0.5, 0.6) is 0 Å². The fourth-order valence-corrected chi connectivity index (χ4v) is 2.17. The van der Waals surface area contributed by atoms with Crippen LogP contribution in [0.25, 0.3) is 0 Å². The zero-order chi connectivity index (χ0) is 14.0. The Kier molecular flexibility index (Phi) is 3.90. The molecule has 1 aromatic rings. The van der Waals surface area contributed by atoms with Gasteiger partial charge in [0.15, 0.2) is 11.8 Å². The SMILES string of the molecule is CCc1oc(C(=O)N2CCOCC2C(=O)O)cc1C. The van der Waals surface area contributed by atoms with Gasteiger partial charge < -0.3 is 19.2 Å². The maximum absolute atomic E-state index is 12.3. The topological polar surface area (TPSA) is 80.0 Å². The summed E-state index contributed by atoms with van der Waals surface area (Å²) in [6.45, 7) is 4.43. The number of carboxylic acids is 1. The number of hydrogen-bond acceptors (Lipinski definition) is 4. The van der Waals surface area contributed by atoms with Crippen LogP contribution >= 0.6 is 0 Å². The summed E-state index contributed by atoms with van der Waals surface area (Å²) in [5, 5.41) is 9.11. The van der Waals surface area contributed by atoms with Crippen LogP contribution < -0.4 is 0 Å². The quantitative estimate of drug-likeness (QED) is 0.886. The number of rotatable bonds is 3. The highest BCUT2D eigenvalue weighted by atomic mass is 16.5. The predicted octanol–water partition coefficient (Wildman–Crippen LogP) is 1.08. The van der Waals surface area contributed by atoms with Crippen molar-refractivity contribution >= 4 is 11.9 Å². The number of ether oxygens (including phenoxy) is 1. The second-order valence-corrected chi connectivity index (χ2v) is 4.50. The van der Waals surface area contributed by atoms with Crippen molar-refractivity contribution in [3.63, 3.8) is 0 Å². The Labute approximate surface area is 110 Å². The fraction of sp³-hybridized carbons (Fsp3) is 0.538. The highest BCUT2D eigenvalue weighted by Gasteiger charge is 2.34. The lowest BCUT2D eigenvalue weighted by molar-refractivity contribution is -0.147. The molecule has 104 valence electrons. The van der Waals surface area contributed by atoms with Gasteiger partial charge in [-0.1, -0.05) is 6.92 Å². The van der Waals surface area contributed by atoms with E-state index in [9.17, 15) is 9.59 Å². The number of carboxylic acid groups (broad SMARTS) is 1. The molecule has 0 spiro atoms. The van der Waals surface area contributed by atoms with Gasteiger partial charge in [-0.15, -0.1) is 0 Å². The maximum Gasteiger partial charge on any atom is 0.328 e. The Hall–Kier alpha value is -1.82. The fourth-order valence-electron chi connectivity index (χ4n) is 2.17. The van der Waals surface area contributed by atoms with Gasteiger partial charge in [-0.05, 0) is 18.6 Å². The summed E-state index contributed by atoms with van der Waals surface area (Å²) in [5.74, 6) is -0.503. The first kappa shape index (κ1) is 13.6. The molecule has 19 heavy (non-hydrogen) atoms. The summed E-state index contributed by atoms with van der Waals surface area (Å²) in [7, 11) is 0. The van der Waals surface area contributed by atoms with E-state index in [-0.39, 0.29) is 18.9 Å². The van der Waals surface area contributed by atoms with E-state index in [0.29, 0.717) is 13.0 Å². The second kappa shape index (κ2) is 5.44. The third kappa shape index (κ3) is 2.63.